The lowest BCUT2D eigenvalue weighted by molar-refractivity contribution is 0.304. The molecule has 1 aromatic rings. The molecule has 11 heavy (non-hydrogen) atoms. The zero-order valence-electron chi connectivity index (χ0n) is 5.55. The Morgan fingerprint density at radius 3 is 3.09 bits per heavy atom. The van der Waals surface area contributed by atoms with Gasteiger partial charge in [0.05, 0.1) is 4.99 Å². The van der Waals surface area contributed by atoms with Crippen LogP contribution in [-0.2, 0) is 0 Å². The lowest BCUT2D eigenvalue weighted by Crippen LogP contribution is -1.86. The number of halogens is 2. The van der Waals surface area contributed by atoms with Crippen LogP contribution in [0.5, 0.6) is 5.75 Å². The Kier molecular flexibility index (Phi) is 3.11. The molecule has 0 bridgehead atoms. The maximum Gasteiger partial charge on any atom is 0.285 e. The van der Waals surface area contributed by atoms with Gasteiger partial charge in [-0.1, -0.05) is 28.1 Å². The van der Waals surface area contributed by atoms with Crippen LogP contribution < -0.4 is 4.74 Å². The average Bonchev–Trinajstić information content (AvgIpc) is 2.06. The minimum absolute atomic E-state index is 0.431. The molecule has 0 aliphatic carbocycles. The van der Waals surface area contributed by atoms with Crippen LogP contribution in [0.2, 0.25) is 0 Å². The molecule has 0 N–H and O–H groups in total. The van der Waals surface area contributed by atoms with Gasteiger partial charge in [-0.15, -0.1) is 0 Å². The molecule has 0 fully saturated rings. The van der Waals surface area contributed by atoms with E-state index in [0.29, 0.717) is 5.75 Å². The van der Waals surface area contributed by atoms with Crippen LogP contribution in [0.25, 0.3) is 0 Å². The van der Waals surface area contributed by atoms with Crippen LogP contribution in [0.4, 0.5) is 4.39 Å². The first-order valence-electron chi connectivity index (χ1n) is 2.93. The molecule has 1 nitrogen and oxygen atoms in total. The Morgan fingerprint density at radius 2 is 2.55 bits per heavy atom. The maximum atomic E-state index is 12.4. The molecule has 0 aliphatic heterocycles. The summed E-state index contributed by atoms with van der Waals surface area (Å²) in [5.41, 5.74) is 0. The summed E-state index contributed by atoms with van der Waals surface area (Å²) in [6.45, 7) is 0. The molecule has 3 heteroatoms. The molecular formula is C8H5BrFO. The highest BCUT2D eigenvalue weighted by Crippen LogP contribution is 2.13. The van der Waals surface area contributed by atoms with Gasteiger partial charge < -0.3 is 4.74 Å². The number of rotatable bonds is 2. The highest BCUT2D eigenvalue weighted by Gasteiger charge is 1.94. The normalized spacial score (nSPS) is 11.3. The van der Waals surface area contributed by atoms with Crippen LogP contribution in [0.3, 0.4) is 0 Å². The third-order valence-corrected chi connectivity index (χ3v) is 1.34. The first-order chi connectivity index (χ1) is 5.33. The first kappa shape index (κ1) is 8.27. The molecule has 1 aromatic carbocycles. The van der Waals surface area contributed by atoms with Crippen LogP contribution >= 0.6 is 15.9 Å². The summed E-state index contributed by atoms with van der Waals surface area (Å²) in [7, 11) is 0. The summed E-state index contributed by atoms with van der Waals surface area (Å²) in [5, 5.41) is 0. The third-order valence-electron chi connectivity index (χ3n) is 0.980. The van der Waals surface area contributed by atoms with Crippen LogP contribution in [0.1, 0.15) is 0 Å². The van der Waals surface area contributed by atoms with Gasteiger partial charge in [0.25, 0.3) is 6.01 Å². The Labute approximate surface area is 72.6 Å². The molecular weight excluding hydrogens is 211 g/mol. The predicted octanol–water partition coefficient (Wildman–Crippen LogP) is 3.03. The highest BCUT2D eigenvalue weighted by molar-refractivity contribution is 9.11. The molecule has 57 valence electrons. The summed E-state index contributed by atoms with van der Waals surface area (Å²) in [5.74, 6) is 0.431. The minimum Gasteiger partial charge on any atom is -0.431 e. The molecule has 0 aliphatic rings. The van der Waals surface area contributed by atoms with Crippen molar-refractivity contribution in [1.29, 1.82) is 0 Å². The molecule has 0 atom stereocenters. The van der Waals surface area contributed by atoms with Gasteiger partial charge in [-0.25, -0.2) is 0 Å². The van der Waals surface area contributed by atoms with E-state index in [9.17, 15) is 4.39 Å². The van der Waals surface area contributed by atoms with Crippen molar-refractivity contribution in [3.63, 3.8) is 0 Å². The maximum absolute atomic E-state index is 12.4. The SMILES string of the molecule is FC(=CBr)Oc1c[c]ccc1. The number of hydrogen-bond acceptors (Lipinski definition) is 1. The smallest absolute Gasteiger partial charge is 0.285 e. The number of benzene rings is 1. The van der Waals surface area contributed by atoms with E-state index >= 15 is 0 Å². The summed E-state index contributed by atoms with van der Waals surface area (Å²) in [6, 6.07) is 8.71. The summed E-state index contributed by atoms with van der Waals surface area (Å²) in [4.78, 5) is 1.07. The van der Waals surface area contributed by atoms with Crippen molar-refractivity contribution in [2.45, 2.75) is 0 Å². The topological polar surface area (TPSA) is 9.23 Å². The average molecular weight is 216 g/mol. The van der Waals surface area contributed by atoms with E-state index in [1.54, 1.807) is 24.3 Å². The fraction of sp³-hybridized carbons (Fsp3) is 0. The monoisotopic (exact) mass is 215 g/mol. The molecule has 0 aromatic heterocycles. The zero-order chi connectivity index (χ0) is 8.10. The van der Waals surface area contributed by atoms with Crippen molar-refractivity contribution in [3.8, 4) is 5.75 Å². The first-order valence-corrected chi connectivity index (χ1v) is 3.84. The van der Waals surface area contributed by atoms with E-state index in [1.807, 2.05) is 0 Å². The fourth-order valence-corrected chi connectivity index (χ4v) is 0.669. The second kappa shape index (κ2) is 4.13. The van der Waals surface area contributed by atoms with Gasteiger partial charge in [0.2, 0.25) is 0 Å². The fourth-order valence-electron chi connectivity index (χ4n) is 0.575. The van der Waals surface area contributed by atoms with E-state index in [-0.39, 0.29) is 0 Å². The molecule has 0 unspecified atom stereocenters. The largest absolute Gasteiger partial charge is 0.431 e. The number of ether oxygens (including phenoxy) is 1. The van der Waals surface area contributed by atoms with E-state index in [2.05, 4.69) is 26.7 Å². The van der Waals surface area contributed by atoms with Gasteiger partial charge in [-0.2, -0.15) is 4.39 Å². The molecule has 0 spiro atoms. The summed E-state index contributed by atoms with van der Waals surface area (Å²) >= 11 is 2.80. The highest BCUT2D eigenvalue weighted by atomic mass is 79.9. The standard InChI is InChI=1S/C8H5BrFO/c9-6-8(10)11-7-4-2-1-3-5-7/h1-2,4-6H. The molecule has 0 heterocycles. The van der Waals surface area contributed by atoms with Crippen LogP contribution in [0.15, 0.2) is 35.3 Å². The van der Waals surface area contributed by atoms with Crippen molar-refractivity contribution < 1.29 is 9.13 Å². The van der Waals surface area contributed by atoms with Gasteiger partial charge in [-0.05, 0) is 18.2 Å². The Bertz CT molecular complexity index is 246. The lowest BCUT2D eigenvalue weighted by atomic mass is 10.3. The van der Waals surface area contributed by atoms with Crippen LogP contribution in [-0.4, -0.2) is 0 Å². The van der Waals surface area contributed by atoms with Crippen LogP contribution in [0, 0.1) is 6.07 Å². The van der Waals surface area contributed by atoms with Crippen molar-refractivity contribution in [1.82, 2.24) is 0 Å². The second-order valence-corrected chi connectivity index (χ2v) is 2.21. The van der Waals surface area contributed by atoms with Gasteiger partial charge in [0, 0.05) is 0 Å². The van der Waals surface area contributed by atoms with Gasteiger partial charge in [0.1, 0.15) is 5.75 Å². The van der Waals surface area contributed by atoms with E-state index in [0.717, 1.165) is 4.99 Å². The van der Waals surface area contributed by atoms with Crippen molar-refractivity contribution in [2.75, 3.05) is 0 Å². The Balaban J connectivity index is 2.65. The zero-order valence-corrected chi connectivity index (χ0v) is 7.14. The molecule has 0 saturated heterocycles. The lowest BCUT2D eigenvalue weighted by Gasteiger charge is -1.99. The van der Waals surface area contributed by atoms with Gasteiger partial charge in [-0.3, -0.25) is 0 Å². The third kappa shape index (κ3) is 2.72. The Hall–Kier alpha value is -0.830. The molecule has 0 amide bonds. The second-order valence-electron chi connectivity index (χ2n) is 1.75. The molecule has 1 radical (unpaired) electrons. The summed E-state index contributed by atoms with van der Waals surface area (Å²) in [6.07, 6.45) is 0. The van der Waals surface area contributed by atoms with Crippen molar-refractivity contribution in [3.05, 3.63) is 41.3 Å². The van der Waals surface area contributed by atoms with Crippen molar-refractivity contribution in [2.24, 2.45) is 0 Å². The predicted molar refractivity (Wildman–Crippen MR) is 44.0 cm³/mol. The summed E-state index contributed by atoms with van der Waals surface area (Å²) < 4.78 is 17.1. The number of hydrogen-bond donors (Lipinski definition) is 0. The minimum atomic E-state index is -0.676. The van der Waals surface area contributed by atoms with E-state index in [1.165, 1.54) is 0 Å². The van der Waals surface area contributed by atoms with E-state index in [4.69, 9.17) is 0 Å². The molecule has 1 rings (SSSR count). The quantitative estimate of drug-likeness (QED) is 0.690. The van der Waals surface area contributed by atoms with Gasteiger partial charge >= 0.3 is 0 Å². The molecule has 0 saturated carbocycles. The van der Waals surface area contributed by atoms with Gasteiger partial charge in [0.15, 0.2) is 0 Å². The van der Waals surface area contributed by atoms with Crippen molar-refractivity contribution >= 4 is 15.9 Å². The van der Waals surface area contributed by atoms with E-state index < -0.39 is 6.01 Å². The Morgan fingerprint density at radius 1 is 1.73 bits per heavy atom.